The topological polar surface area (TPSA) is 0 Å². The van der Waals surface area contributed by atoms with Crippen LogP contribution in [0.1, 0.15) is 44.5 Å². The van der Waals surface area contributed by atoms with Crippen molar-refractivity contribution in [3.63, 3.8) is 0 Å². The van der Waals surface area contributed by atoms with Gasteiger partial charge in [-0.15, -0.1) is 45.3 Å². The number of fused-ring (bicyclic) bond motifs is 4. The summed E-state index contributed by atoms with van der Waals surface area (Å²) in [6.45, 7) is 17.1. The van der Waals surface area contributed by atoms with Gasteiger partial charge in [-0.1, -0.05) is 168 Å². The van der Waals surface area contributed by atoms with Crippen LogP contribution in [0.3, 0.4) is 0 Å². The second-order valence-electron chi connectivity index (χ2n) is 18.0. The molecule has 8 aromatic carbocycles. The fourth-order valence-electron chi connectivity index (χ4n) is 8.37. The van der Waals surface area contributed by atoms with E-state index in [2.05, 4.69) is 248 Å². The van der Waals surface area contributed by atoms with Crippen LogP contribution >= 0.6 is 45.3 Å². The lowest BCUT2D eigenvalue weighted by molar-refractivity contribution is 1.47. The van der Waals surface area contributed by atoms with Crippen molar-refractivity contribution in [2.24, 2.45) is 0 Å². The third kappa shape index (κ3) is 10.8. The Kier molecular flexibility index (Phi) is 14.3. The highest BCUT2D eigenvalue weighted by Gasteiger charge is 2.10. The van der Waals surface area contributed by atoms with E-state index in [0.717, 1.165) is 0 Å². The third-order valence-corrected chi connectivity index (χ3v) is 16.6. The Balaban J connectivity index is 0.000000113. The summed E-state index contributed by atoms with van der Waals surface area (Å²) in [5.74, 6) is 0. The summed E-state index contributed by atoms with van der Waals surface area (Å²) in [6.07, 6.45) is 0. The summed E-state index contributed by atoms with van der Waals surface area (Å²) < 4.78 is 5.50. The minimum atomic E-state index is 1.31. The largest absolute Gasteiger partial charge is 0.143 e. The molecular formula is C64H56S4. The van der Waals surface area contributed by atoms with E-state index in [0.29, 0.717) is 0 Å². The van der Waals surface area contributed by atoms with Crippen molar-refractivity contribution in [2.75, 3.05) is 0 Å². The van der Waals surface area contributed by atoms with Gasteiger partial charge in [0.15, 0.2) is 0 Å². The first kappa shape index (κ1) is 46.7. The maximum absolute atomic E-state index is 2.31. The highest BCUT2D eigenvalue weighted by atomic mass is 32.1. The van der Waals surface area contributed by atoms with Gasteiger partial charge in [-0.2, -0.15) is 0 Å². The number of rotatable bonds is 4. The first-order valence-corrected chi connectivity index (χ1v) is 26.6. The van der Waals surface area contributed by atoms with Gasteiger partial charge in [-0.05, 0) is 158 Å². The summed E-state index contributed by atoms with van der Waals surface area (Å²) in [5.41, 5.74) is 18.6. The first-order chi connectivity index (χ1) is 32.9. The van der Waals surface area contributed by atoms with Gasteiger partial charge < -0.3 is 0 Å². The minimum Gasteiger partial charge on any atom is -0.143 e. The minimum absolute atomic E-state index is 1.31. The van der Waals surface area contributed by atoms with Crippen molar-refractivity contribution in [1.29, 1.82) is 0 Å². The molecule has 68 heavy (non-hydrogen) atoms. The number of hydrogen-bond donors (Lipinski definition) is 0. The highest BCUT2D eigenvalue weighted by molar-refractivity contribution is 7.22. The molecule has 336 valence electrons. The Morgan fingerprint density at radius 1 is 0.294 bits per heavy atom. The number of thiophene rings is 4. The molecule has 12 aromatic rings. The molecule has 0 atom stereocenters. The molecule has 0 spiro atoms. The maximum atomic E-state index is 2.31. The fraction of sp³-hybridized carbons (Fsp3) is 0.125. The second-order valence-corrected chi connectivity index (χ2v) is 21.9. The molecule has 4 heteroatoms. The standard InChI is InChI=1S/4C16H14S/c1-11-3-6-13(7-4-11)15-10-17-16-9-12(2)5-8-14(15)16;1-11-3-6-13(7-4-11)16-10-14-8-5-12(2)9-15(14)17-16;1-11-6-8-13(9-7-11)14-10-17-15-5-3-4-12(2)16(14)15;1-11-6-8-13(9-7-11)16-10-14-12(2)4-3-5-15(14)17-16/h4*3-10H,1-2H3. The zero-order valence-corrected chi connectivity index (χ0v) is 43.4. The fourth-order valence-corrected chi connectivity index (χ4v) is 12.8. The molecule has 0 aliphatic heterocycles. The van der Waals surface area contributed by atoms with Crippen LogP contribution in [-0.2, 0) is 0 Å². The molecule has 4 heterocycles. The van der Waals surface area contributed by atoms with Crippen molar-refractivity contribution in [2.45, 2.75) is 55.4 Å². The monoisotopic (exact) mass is 952 g/mol. The average Bonchev–Trinajstić information content (AvgIpc) is 4.17. The predicted octanol–water partition coefficient (Wildman–Crippen LogP) is 20.7. The van der Waals surface area contributed by atoms with E-state index in [4.69, 9.17) is 0 Å². The van der Waals surface area contributed by atoms with Crippen molar-refractivity contribution in [3.8, 4) is 43.1 Å². The molecule has 0 unspecified atom stereocenters. The van der Waals surface area contributed by atoms with Crippen molar-refractivity contribution < 1.29 is 0 Å². The molecule has 0 N–H and O–H groups in total. The van der Waals surface area contributed by atoms with Crippen LogP contribution < -0.4 is 0 Å². The zero-order chi connectivity index (χ0) is 47.3. The number of hydrogen-bond acceptors (Lipinski definition) is 4. The van der Waals surface area contributed by atoms with E-state index >= 15 is 0 Å². The lowest BCUT2D eigenvalue weighted by atomic mass is 10.0. The van der Waals surface area contributed by atoms with Gasteiger partial charge in [0.25, 0.3) is 0 Å². The molecule has 0 saturated carbocycles. The van der Waals surface area contributed by atoms with Crippen LogP contribution in [0, 0.1) is 55.4 Å². The van der Waals surface area contributed by atoms with E-state index in [9.17, 15) is 0 Å². The maximum Gasteiger partial charge on any atom is 0.0355 e. The zero-order valence-electron chi connectivity index (χ0n) is 40.1. The summed E-state index contributed by atoms with van der Waals surface area (Å²) in [4.78, 5) is 2.71. The molecule has 0 bridgehead atoms. The summed E-state index contributed by atoms with van der Waals surface area (Å²) in [6, 6.07) is 66.0. The van der Waals surface area contributed by atoms with Crippen LogP contribution in [0.5, 0.6) is 0 Å². The Morgan fingerprint density at radius 2 is 0.735 bits per heavy atom. The van der Waals surface area contributed by atoms with Crippen molar-refractivity contribution in [3.05, 3.63) is 237 Å². The number of aryl methyl sites for hydroxylation is 8. The quantitative estimate of drug-likeness (QED) is 0.165. The molecule has 4 aromatic heterocycles. The van der Waals surface area contributed by atoms with E-state index in [-0.39, 0.29) is 0 Å². The Bertz CT molecular complexity index is 3590. The van der Waals surface area contributed by atoms with Gasteiger partial charge in [0, 0.05) is 50.5 Å². The predicted molar refractivity (Wildman–Crippen MR) is 307 cm³/mol. The molecule has 0 nitrogen and oxygen atoms in total. The van der Waals surface area contributed by atoms with E-state index < -0.39 is 0 Å². The first-order valence-electron chi connectivity index (χ1n) is 23.2. The molecule has 0 aliphatic rings. The van der Waals surface area contributed by atoms with E-state index in [1.165, 1.54) is 128 Å². The van der Waals surface area contributed by atoms with Gasteiger partial charge in [0.1, 0.15) is 0 Å². The lowest BCUT2D eigenvalue weighted by Gasteiger charge is -2.03. The Morgan fingerprint density at radius 3 is 1.32 bits per heavy atom. The summed E-state index contributed by atoms with van der Waals surface area (Å²) >= 11 is 7.40. The van der Waals surface area contributed by atoms with E-state index in [1.807, 2.05) is 45.3 Å². The van der Waals surface area contributed by atoms with E-state index in [1.54, 1.807) is 0 Å². The average molecular weight is 953 g/mol. The van der Waals surface area contributed by atoms with Crippen LogP contribution in [0.4, 0.5) is 0 Å². The molecule has 0 saturated heterocycles. The highest BCUT2D eigenvalue weighted by Crippen LogP contribution is 2.38. The molecule has 0 fully saturated rings. The summed E-state index contributed by atoms with van der Waals surface area (Å²) in [7, 11) is 0. The Hall–Kier alpha value is -6.40. The van der Waals surface area contributed by atoms with Gasteiger partial charge in [-0.25, -0.2) is 0 Å². The molecule has 0 amide bonds. The number of benzene rings is 8. The Labute approximate surface area is 418 Å². The third-order valence-electron chi connectivity index (χ3n) is 12.4. The van der Waals surface area contributed by atoms with Crippen LogP contribution in [-0.4, -0.2) is 0 Å². The van der Waals surface area contributed by atoms with Gasteiger partial charge in [0.05, 0.1) is 0 Å². The SMILES string of the molecule is Cc1ccc(-c2cc3c(C)cccc3s2)cc1.Cc1ccc(-c2cc3ccc(C)cc3s2)cc1.Cc1ccc(-c2csc3cc(C)ccc23)cc1.Cc1ccc(-c2csc3cccc(C)c23)cc1. The van der Waals surface area contributed by atoms with Crippen LogP contribution in [0.15, 0.2) is 193 Å². The molecule has 0 aliphatic carbocycles. The van der Waals surface area contributed by atoms with Gasteiger partial charge in [0.2, 0.25) is 0 Å². The normalized spacial score (nSPS) is 10.9. The van der Waals surface area contributed by atoms with Crippen molar-refractivity contribution in [1.82, 2.24) is 0 Å². The smallest absolute Gasteiger partial charge is 0.0355 e. The van der Waals surface area contributed by atoms with Gasteiger partial charge >= 0.3 is 0 Å². The van der Waals surface area contributed by atoms with Gasteiger partial charge in [-0.3, -0.25) is 0 Å². The summed E-state index contributed by atoms with van der Waals surface area (Å²) in [5, 5.41) is 10.0. The van der Waals surface area contributed by atoms with Crippen LogP contribution in [0.2, 0.25) is 0 Å². The molecule has 0 radical (unpaired) electrons. The molecular weight excluding hydrogens is 897 g/mol. The van der Waals surface area contributed by atoms with Crippen LogP contribution in [0.25, 0.3) is 83.5 Å². The molecule has 12 rings (SSSR count). The lowest BCUT2D eigenvalue weighted by Crippen LogP contribution is -1.79. The van der Waals surface area contributed by atoms with Crippen molar-refractivity contribution >= 4 is 85.7 Å². The second kappa shape index (κ2) is 20.9.